The molecule has 0 spiro atoms. The first-order valence-corrected chi connectivity index (χ1v) is 9.56. The van der Waals surface area contributed by atoms with Gasteiger partial charge in [0.1, 0.15) is 6.04 Å². The number of carboxylic acid groups (broad SMARTS) is 1. The highest BCUT2D eigenvalue weighted by Crippen LogP contribution is 2.28. The Kier molecular flexibility index (Phi) is 4.81. The molecule has 1 unspecified atom stereocenters. The standard InChI is InChI=1S/C21H22N4O3/c1-2-25-19-16(13-22-25)15(12-17(23-19)14-8-4-3-5-9-14)20(26)24-11-7-6-10-18(24)21(27)28/h3-5,8-9,12-13,18H,2,6-7,10-11H2,1H3,(H,27,28). The first-order chi connectivity index (χ1) is 13.6. The minimum absolute atomic E-state index is 0.271. The Morgan fingerprint density at radius 3 is 2.71 bits per heavy atom. The van der Waals surface area contributed by atoms with Gasteiger partial charge in [-0.05, 0) is 32.3 Å². The number of nitrogens with zero attached hydrogens (tertiary/aromatic N) is 4. The van der Waals surface area contributed by atoms with Crippen LogP contribution >= 0.6 is 0 Å². The maximum Gasteiger partial charge on any atom is 0.326 e. The molecule has 2 aromatic heterocycles. The number of benzene rings is 1. The Morgan fingerprint density at radius 2 is 2.00 bits per heavy atom. The molecule has 1 fully saturated rings. The number of pyridine rings is 1. The van der Waals surface area contributed by atoms with E-state index in [1.54, 1.807) is 16.9 Å². The predicted molar refractivity (Wildman–Crippen MR) is 105 cm³/mol. The second-order valence-corrected chi connectivity index (χ2v) is 6.97. The lowest BCUT2D eigenvalue weighted by Crippen LogP contribution is -2.48. The van der Waals surface area contributed by atoms with Crippen LogP contribution in [0.5, 0.6) is 0 Å². The maximum atomic E-state index is 13.4. The number of carbonyl (C=O) groups is 2. The second kappa shape index (κ2) is 7.42. The Morgan fingerprint density at radius 1 is 1.21 bits per heavy atom. The molecule has 0 radical (unpaired) electrons. The number of aryl methyl sites for hydroxylation is 1. The predicted octanol–water partition coefficient (Wildman–Crippen LogP) is 3.20. The molecule has 0 saturated carbocycles. The van der Waals surface area contributed by atoms with Crippen LogP contribution in [-0.4, -0.2) is 49.2 Å². The Hall–Kier alpha value is -3.22. The molecule has 7 heteroatoms. The van der Waals surface area contributed by atoms with Gasteiger partial charge in [0.25, 0.3) is 5.91 Å². The van der Waals surface area contributed by atoms with Gasteiger partial charge in [-0.25, -0.2) is 14.5 Å². The molecule has 1 aromatic carbocycles. The number of rotatable bonds is 4. The molecule has 0 bridgehead atoms. The van der Waals surface area contributed by atoms with Gasteiger partial charge in [0.2, 0.25) is 0 Å². The largest absolute Gasteiger partial charge is 0.480 e. The van der Waals surface area contributed by atoms with E-state index < -0.39 is 12.0 Å². The van der Waals surface area contributed by atoms with E-state index in [2.05, 4.69) is 5.10 Å². The molecule has 1 aliphatic rings. The number of fused-ring (bicyclic) bond motifs is 1. The fourth-order valence-corrected chi connectivity index (χ4v) is 3.80. The van der Waals surface area contributed by atoms with Crippen molar-refractivity contribution in [3.8, 4) is 11.3 Å². The number of aromatic nitrogens is 3. The lowest BCUT2D eigenvalue weighted by Gasteiger charge is -2.33. The number of likely N-dealkylation sites (tertiary alicyclic amines) is 1. The summed E-state index contributed by atoms with van der Waals surface area (Å²) < 4.78 is 1.75. The van der Waals surface area contributed by atoms with E-state index in [4.69, 9.17) is 4.98 Å². The van der Waals surface area contributed by atoms with Crippen LogP contribution in [0.1, 0.15) is 36.5 Å². The molecular formula is C21H22N4O3. The van der Waals surface area contributed by atoms with Crippen LogP contribution in [-0.2, 0) is 11.3 Å². The van der Waals surface area contributed by atoms with Crippen molar-refractivity contribution in [2.75, 3.05) is 6.54 Å². The molecule has 4 rings (SSSR count). The summed E-state index contributed by atoms with van der Waals surface area (Å²) >= 11 is 0. The molecule has 144 valence electrons. The number of amides is 1. The summed E-state index contributed by atoms with van der Waals surface area (Å²) in [7, 11) is 0. The molecule has 0 aliphatic carbocycles. The van der Waals surface area contributed by atoms with Gasteiger partial charge in [-0.2, -0.15) is 5.10 Å². The zero-order valence-corrected chi connectivity index (χ0v) is 15.7. The third-order valence-corrected chi connectivity index (χ3v) is 5.26. The van der Waals surface area contributed by atoms with Crippen LogP contribution in [0.3, 0.4) is 0 Å². The van der Waals surface area contributed by atoms with E-state index in [0.717, 1.165) is 18.4 Å². The highest BCUT2D eigenvalue weighted by atomic mass is 16.4. The van der Waals surface area contributed by atoms with Gasteiger partial charge >= 0.3 is 5.97 Å². The van der Waals surface area contributed by atoms with Crippen molar-refractivity contribution in [2.45, 2.75) is 38.8 Å². The second-order valence-electron chi connectivity index (χ2n) is 6.97. The average Bonchev–Trinajstić information content (AvgIpc) is 3.16. The van der Waals surface area contributed by atoms with Gasteiger partial charge < -0.3 is 10.0 Å². The van der Waals surface area contributed by atoms with Crippen LogP contribution in [0.2, 0.25) is 0 Å². The third-order valence-electron chi connectivity index (χ3n) is 5.26. The quantitative estimate of drug-likeness (QED) is 0.753. The first-order valence-electron chi connectivity index (χ1n) is 9.56. The fraction of sp³-hybridized carbons (Fsp3) is 0.333. The van der Waals surface area contributed by atoms with Crippen LogP contribution < -0.4 is 0 Å². The minimum Gasteiger partial charge on any atom is -0.480 e. The van der Waals surface area contributed by atoms with Crippen LogP contribution in [0.25, 0.3) is 22.3 Å². The van der Waals surface area contributed by atoms with E-state index in [1.807, 2.05) is 37.3 Å². The summed E-state index contributed by atoms with van der Waals surface area (Å²) in [4.78, 5) is 31.3. The van der Waals surface area contributed by atoms with Crippen LogP contribution in [0.15, 0.2) is 42.6 Å². The smallest absolute Gasteiger partial charge is 0.326 e. The monoisotopic (exact) mass is 378 g/mol. The summed E-state index contributed by atoms with van der Waals surface area (Å²) in [5.41, 5.74) is 2.67. The van der Waals surface area contributed by atoms with Crippen LogP contribution in [0, 0.1) is 0 Å². The summed E-state index contributed by atoms with van der Waals surface area (Å²) in [6.45, 7) is 3.04. The molecule has 7 nitrogen and oxygen atoms in total. The summed E-state index contributed by atoms with van der Waals surface area (Å²) in [6, 6.07) is 10.6. The lowest BCUT2D eigenvalue weighted by atomic mass is 9.99. The molecule has 1 saturated heterocycles. The van der Waals surface area contributed by atoms with Gasteiger partial charge in [-0.3, -0.25) is 4.79 Å². The summed E-state index contributed by atoms with van der Waals surface area (Å²) in [6.07, 6.45) is 3.75. The maximum absolute atomic E-state index is 13.4. The van der Waals surface area contributed by atoms with Gasteiger partial charge in [0, 0.05) is 18.7 Å². The zero-order valence-electron chi connectivity index (χ0n) is 15.7. The van der Waals surface area contributed by atoms with Gasteiger partial charge in [-0.1, -0.05) is 30.3 Å². The lowest BCUT2D eigenvalue weighted by molar-refractivity contribution is -0.143. The van der Waals surface area contributed by atoms with Crippen molar-refractivity contribution in [1.82, 2.24) is 19.7 Å². The molecule has 1 amide bonds. The number of hydrogen-bond acceptors (Lipinski definition) is 4. The van der Waals surface area contributed by atoms with Crippen molar-refractivity contribution in [2.24, 2.45) is 0 Å². The average molecular weight is 378 g/mol. The van der Waals surface area contributed by atoms with Gasteiger partial charge in [0.15, 0.2) is 5.65 Å². The van der Waals surface area contributed by atoms with E-state index in [1.165, 1.54) is 4.90 Å². The van der Waals surface area contributed by atoms with Gasteiger partial charge in [-0.15, -0.1) is 0 Å². The van der Waals surface area contributed by atoms with Crippen molar-refractivity contribution in [3.05, 3.63) is 48.2 Å². The van der Waals surface area contributed by atoms with Crippen molar-refractivity contribution >= 4 is 22.9 Å². The third kappa shape index (κ3) is 3.13. The minimum atomic E-state index is -0.953. The number of hydrogen-bond donors (Lipinski definition) is 1. The molecule has 3 heterocycles. The molecule has 1 N–H and O–H groups in total. The van der Waals surface area contributed by atoms with Crippen molar-refractivity contribution in [3.63, 3.8) is 0 Å². The molecule has 1 aliphatic heterocycles. The number of carbonyl (C=O) groups excluding carboxylic acids is 1. The number of aliphatic carboxylic acids is 1. The fourth-order valence-electron chi connectivity index (χ4n) is 3.80. The van der Waals surface area contributed by atoms with E-state index in [9.17, 15) is 14.7 Å². The highest BCUT2D eigenvalue weighted by Gasteiger charge is 2.33. The number of carboxylic acids is 1. The number of piperidine rings is 1. The Balaban J connectivity index is 1.86. The topological polar surface area (TPSA) is 88.3 Å². The summed E-state index contributed by atoms with van der Waals surface area (Å²) in [5.74, 6) is -1.22. The molecule has 3 aromatic rings. The van der Waals surface area contributed by atoms with E-state index in [-0.39, 0.29) is 5.91 Å². The zero-order chi connectivity index (χ0) is 19.7. The molecular weight excluding hydrogens is 356 g/mol. The molecule has 1 atom stereocenters. The van der Waals surface area contributed by atoms with Crippen molar-refractivity contribution in [1.29, 1.82) is 0 Å². The van der Waals surface area contributed by atoms with Crippen molar-refractivity contribution < 1.29 is 14.7 Å². The normalized spacial score (nSPS) is 17.0. The first kappa shape index (κ1) is 18.2. The molecule has 28 heavy (non-hydrogen) atoms. The van der Waals surface area contributed by atoms with Gasteiger partial charge in [0.05, 0.1) is 22.8 Å². The summed E-state index contributed by atoms with van der Waals surface area (Å²) in [5, 5.41) is 14.6. The van der Waals surface area contributed by atoms with E-state index in [0.29, 0.717) is 41.8 Å². The Labute approximate surface area is 162 Å². The SMILES string of the molecule is CCn1ncc2c(C(=O)N3CCCCC3C(=O)O)cc(-c3ccccc3)nc21. The van der Waals surface area contributed by atoms with Crippen LogP contribution in [0.4, 0.5) is 0 Å². The Bertz CT molecular complexity index is 1030. The van der Waals surface area contributed by atoms with E-state index >= 15 is 0 Å². The highest BCUT2D eigenvalue weighted by molar-refractivity contribution is 6.07.